The van der Waals surface area contributed by atoms with E-state index in [0.717, 1.165) is 19.0 Å². The van der Waals surface area contributed by atoms with Crippen molar-refractivity contribution in [1.82, 2.24) is 4.90 Å². The summed E-state index contributed by atoms with van der Waals surface area (Å²) in [6.45, 7) is 7.10. The van der Waals surface area contributed by atoms with Gasteiger partial charge < -0.3 is 10.0 Å². The second kappa shape index (κ2) is 6.14. The second-order valence-corrected chi connectivity index (χ2v) is 7.28. The standard InChI is InChI=1S/C20H21F2NO2/c1-12-20(2,3)8-9-23(12)19(25)14-6-4-13(5-7-14)15-10-16(21)18(22)17(24)11-15/h4-7,10-12,24H,8-9H2,1-3H3/t12-/m0/s1. The van der Waals surface area contributed by atoms with E-state index >= 15 is 0 Å². The Morgan fingerprint density at radius 3 is 2.32 bits per heavy atom. The molecule has 132 valence electrons. The Morgan fingerprint density at radius 1 is 1.16 bits per heavy atom. The Morgan fingerprint density at radius 2 is 1.80 bits per heavy atom. The summed E-state index contributed by atoms with van der Waals surface area (Å²) in [5.74, 6) is -3.13. The van der Waals surface area contributed by atoms with Crippen LogP contribution in [0.2, 0.25) is 0 Å². The smallest absolute Gasteiger partial charge is 0.254 e. The van der Waals surface area contributed by atoms with E-state index in [2.05, 4.69) is 20.8 Å². The maximum absolute atomic E-state index is 13.5. The zero-order valence-corrected chi connectivity index (χ0v) is 14.5. The van der Waals surface area contributed by atoms with E-state index in [1.54, 1.807) is 24.3 Å². The Bertz CT molecular complexity index is 792. The zero-order valence-electron chi connectivity index (χ0n) is 14.5. The molecule has 0 unspecified atom stereocenters. The van der Waals surface area contributed by atoms with Gasteiger partial charge in [0.05, 0.1) is 0 Å². The van der Waals surface area contributed by atoms with Gasteiger partial charge in [0.2, 0.25) is 0 Å². The number of phenols is 1. The number of benzene rings is 2. The summed E-state index contributed by atoms with van der Waals surface area (Å²) < 4.78 is 26.7. The molecule has 0 radical (unpaired) electrons. The van der Waals surface area contributed by atoms with Crippen LogP contribution in [-0.4, -0.2) is 28.5 Å². The van der Waals surface area contributed by atoms with E-state index in [0.29, 0.717) is 16.7 Å². The minimum absolute atomic E-state index is 0.0299. The third kappa shape index (κ3) is 3.11. The number of amides is 1. The molecule has 2 aromatic rings. The number of halogens is 2. The van der Waals surface area contributed by atoms with E-state index in [4.69, 9.17) is 0 Å². The van der Waals surface area contributed by atoms with E-state index in [1.165, 1.54) is 6.07 Å². The van der Waals surface area contributed by atoms with Gasteiger partial charge >= 0.3 is 0 Å². The topological polar surface area (TPSA) is 40.5 Å². The fourth-order valence-electron chi connectivity index (χ4n) is 3.22. The molecule has 0 aromatic heterocycles. The minimum Gasteiger partial charge on any atom is -0.505 e. The number of hydrogen-bond acceptors (Lipinski definition) is 2. The Kier molecular flexibility index (Phi) is 4.27. The summed E-state index contributed by atoms with van der Waals surface area (Å²) in [6.07, 6.45) is 0.964. The number of carbonyl (C=O) groups is 1. The Labute approximate surface area is 145 Å². The van der Waals surface area contributed by atoms with Gasteiger partial charge in [-0.2, -0.15) is 4.39 Å². The highest BCUT2D eigenvalue weighted by molar-refractivity contribution is 5.95. The molecular formula is C20H21F2NO2. The third-order valence-electron chi connectivity index (χ3n) is 5.33. The highest BCUT2D eigenvalue weighted by atomic mass is 19.2. The van der Waals surface area contributed by atoms with Gasteiger partial charge in [-0.15, -0.1) is 0 Å². The summed E-state index contributed by atoms with van der Waals surface area (Å²) in [7, 11) is 0. The molecule has 1 amide bonds. The van der Waals surface area contributed by atoms with Crippen molar-refractivity contribution in [3.8, 4) is 16.9 Å². The normalized spacial score (nSPS) is 19.2. The quantitative estimate of drug-likeness (QED) is 0.864. The maximum Gasteiger partial charge on any atom is 0.254 e. The van der Waals surface area contributed by atoms with Crippen molar-refractivity contribution >= 4 is 5.91 Å². The van der Waals surface area contributed by atoms with E-state index < -0.39 is 17.4 Å². The third-order valence-corrected chi connectivity index (χ3v) is 5.33. The van der Waals surface area contributed by atoms with Crippen LogP contribution in [0.5, 0.6) is 5.75 Å². The van der Waals surface area contributed by atoms with Crippen LogP contribution in [-0.2, 0) is 0 Å². The number of rotatable bonds is 2. The molecule has 1 atom stereocenters. The molecule has 0 spiro atoms. The van der Waals surface area contributed by atoms with Gasteiger partial charge in [0, 0.05) is 18.2 Å². The first-order valence-corrected chi connectivity index (χ1v) is 8.30. The SMILES string of the molecule is C[C@@H]1N(C(=O)c2ccc(-c3cc(O)c(F)c(F)c3)cc2)CCC1(C)C. The fraction of sp³-hybridized carbons (Fsp3) is 0.350. The van der Waals surface area contributed by atoms with E-state index in [-0.39, 0.29) is 17.4 Å². The first kappa shape index (κ1) is 17.4. The van der Waals surface area contributed by atoms with Gasteiger partial charge in [-0.3, -0.25) is 4.79 Å². The lowest BCUT2D eigenvalue weighted by atomic mass is 9.86. The molecule has 0 aliphatic carbocycles. The van der Waals surface area contributed by atoms with Gasteiger partial charge in [0.25, 0.3) is 5.91 Å². The molecule has 2 aromatic carbocycles. The van der Waals surface area contributed by atoms with Gasteiger partial charge in [-0.25, -0.2) is 4.39 Å². The number of hydrogen-bond donors (Lipinski definition) is 1. The maximum atomic E-state index is 13.5. The molecule has 25 heavy (non-hydrogen) atoms. The summed E-state index contributed by atoms with van der Waals surface area (Å²) >= 11 is 0. The molecule has 1 fully saturated rings. The number of aromatic hydroxyl groups is 1. The fourth-order valence-corrected chi connectivity index (χ4v) is 3.22. The van der Waals surface area contributed by atoms with Crippen LogP contribution in [0.25, 0.3) is 11.1 Å². The average Bonchev–Trinajstić information content (AvgIpc) is 2.85. The van der Waals surface area contributed by atoms with E-state index in [9.17, 15) is 18.7 Å². The summed E-state index contributed by atoms with van der Waals surface area (Å²) in [5.41, 5.74) is 1.60. The van der Waals surface area contributed by atoms with Crippen molar-refractivity contribution in [3.05, 3.63) is 53.6 Å². The molecule has 0 bridgehead atoms. The van der Waals surface area contributed by atoms with Crippen molar-refractivity contribution in [2.24, 2.45) is 5.41 Å². The number of carbonyl (C=O) groups excluding carboxylic acids is 1. The Hall–Kier alpha value is -2.43. The number of nitrogens with zero attached hydrogens (tertiary/aromatic N) is 1. The van der Waals surface area contributed by atoms with Crippen LogP contribution in [0, 0.1) is 17.0 Å². The molecule has 3 rings (SSSR count). The summed E-state index contributed by atoms with van der Waals surface area (Å²) in [6, 6.07) is 9.04. The lowest BCUT2D eigenvalue weighted by molar-refractivity contribution is 0.0706. The van der Waals surface area contributed by atoms with Crippen LogP contribution in [0.1, 0.15) is 37.6 Å². The number of likely N-dealkylation sites (tertiary alicyclic amines) is 1. The van der Waals surface area contributed by atoms with Gasteiger partial charge in [-0.1, -0.05) is 26.0 Å². The van der Waals surface area contributed by atoms with Gasteiger partial charge in [0.15, 0.2) is 17.4 Å². The summed E-state index contributed by atoms with van der Waals surface area (Å²) in [4.78, 5) is 14.6. The van der Waals surface area contributed by atoms with E-state index in [1.807, 2.05) is 4.90 Å². The van der Waals surface area contributed by atoms with Crippen molar-refractivity contribution in [2.75, 3.05) is 6.54 Å². The highest BCUT2D eigenvalue weighted by Crippen LogP contribution is 2.36. The predicted octanol–water partition coefficient (Wildman–Crippen LogP) is 4.60. The first-order chi connectivity index (χ1) is 11.7. The second-order valence-electron chi connectivity index (χ2n) is 7.28. The van der Waals surface area contributed by atoms with Crippen LogP contribution < -0.4 is 0 Å². The summed E-state index contributed by atoms with van der Waals surface area (Å²) in [5, 5.41) is 9.43. The van der Waals surface area contributed by atoms with Gasteiger partial charge in [-0.05, 0) is 54.2 Å². The van der Waals surface area contributed by atoms with Crippen molar-refractivity contribution in [3.63, 3.8) is 0 Å². The Balaban J connectivity index is 1.85. The van der Waals surface area contributed by atoms with Gasteiger partial charge in [0.1, 0.15) is 0 Å². The molecule has 1 N–H and O–H groups in total. The van der Waals surface area contributed by atoms with Crippen LogP contribution in [0.15, 0.2) is 36.4 Å². The highest BCUT2D eigenvalue weighted by Gasteiger charge is 2.39. The zero-order chi connectivity index (χ0) is 18.4. The molecular weight excluding hydrogens is 324 g/mol. The van der Waals surface area contributed by atoms with Crippen molar-refractivity contribution in [1.29, 1.82) is 0 Å². The van der Waals surface area contributed by atoms with Crippen molar-refractivity contribution < 1.29 is 18.7 Å². The monoisotopic (exact) mass is 345 g/mol. The van der Waals surface area contributed by atoms with Crippen molar-refractivity contribution in [2.45, 2.75) is 33.2 Å². The van der Waals surface area contributed by atoms with Crippen LogP contribution >= 0.6 is 0 Å². The first-order valence-electron chi connectivity index (χ1n) is 8.30. The average molecular weight is 345 g/mol. The minimum atomic E-state index is -1.26. The molecule has 1 aliphatic rings. The molecule has 5 heteroatoms. The largest absolute Gasteiger partial charge is 0.505 e. The van der Waals surface area contributed by atoms with Crippen LogP contribution in [0.4, 0.5) is 8.78 Å². The predicted molar refractivity (Wildman–Crippen MR) is 92.4 cm³/mol. The molecule has 1 heterocycles. The molecule has 1 saturated heterocycles. The molecule has 3 nitrogen and oxygen atoms in total. The lowest BCUT2D eigenvalue weighted by Gasteiger charge is -2.29. The molecule has 0 saturated carbocycles. The number of phenolic OH excluding ortho intramolecular Hbond substituents is 1. The lowest BCUT2D eigenvalue weighted by Crippen LogP contribution is -2.38. The van der Waals surface area contributed by atoms with Crippen LogP contribution in [0.3, 0.4) is 0 Å². The molecule has 1 aliphatic heterocycles.